The molecule has 75 heavy (non-hydrogen) atoms. The lowest BCUT2D eigenvalue weighted by molar-refractivity contribution is -0.359. The van der Waals surface area contributed by atoms with E-state index in [0.717, 1.165) is 116 Å². The van der Waals surface area contributed by atoms with Gasteiger partial charge < -0.3 is 65.1 Å². The summed E-state index contributed by atoms with van der Waals surface area (Å²) in [6, 6.07) is -0.929. The molecule has 12 unspecified atom stereocenters. The second kappa shape index (κ2) is 45.6. The highest BCUT2D eigenvalue weighted by Gasteiger charge is 2.51. The third-order valence-electron chi connectivity index (χ3n) is 13.2. The van der Waals surface area contributed by atoms with E-state index in [0.29, 0.717) is 6.42 Å². The Labute approximate surface area is 451 Å². The number of hydrogen-bond acceptors (Lipinski definition) is 13. The number of ether oxygens (including phenoxy) is 4. The Hall–Kier alpha value is -3.35. The van der Waals surface area contributed by atoms with Gasteiger partial charge in [0.15, 0.2) is 12.6 Å². The maximum Gasteiger partial charge on any atom is 0.220 e. The molecular formula is C61H101NO13. The predicted molar refractivity (Wildman–Crippen MR) is 299 cm³/mol. The first-order valence-corrected chi connectivity index (χ1v) is 28.6. The van der Waals surface area contributed by atoms with Gasteiger partial charge in [-0.15, -0.1) is 0 Å². The maximum absolute atomic E-state index is 13.2. The number of nitrogens with one attached hydrogen (secondary N) is 1. The maximum atomic E-state index is 13.2. The van der Waals surface area contributed by atoms with Gasteiger partial charge in [0.1, 0.15) is 48.8 Å². The molecule has 2 aliphatic rings. The van der Waals surface area contributed by atoms with Crippen molar-refractivity contribution in [2.24, 2.45) is 0 Å². The number of carbonyl (C=O) groups is 1. The van der Waals surface area contributed by atoms with Gasteiger partial charge in [0.2, 0.25) is 5.91 Å². The van der Waals surface area contributed by atoms with Crippen LogP contribution < -0.4 is 5.32 Å². The Kier molecular flexibility index (Phi) is 41.2. The molecule has 2 fully saturated rings. The highest BCUT2D eigenvalue weighted by atomic mass is 16.7. The quantitative estimate of drug-likeness (QED) is 0.0205. The molecule has 0 aromatic heterocycles. The molecule has 0 aliphatic carbocycles. The summed E-state index contributed by atoms with van der Waals surface area (Å²) in [5, 5.41) is 86.8. The van der Waals surface area contributed by atoms with E-state index in [9.17, 15) is 45.6 Å². The standard InChI is InChI=1S/C61H101NO13/c1-3-5-7-9-11-13-15-16-17-18-19-20-21-22-23-24-25-26-27-28-29-30-31-32-33-34-35-37-39-41-43-45-53(66)62-49(50(65)44-42-40-38-36-14-12-10-8-6-4-2)48-72-60-58(71)56(69)59(52(47-64)74-60)75-61-57(70)55(68)54(67)51(46-63)73-61/h5,7,11,13,16-17,19-20,22-23,25-26,28-29,31-32,42,44,49-52,54-61,63-65,67-71H,3-4,6,8-10,12,14-15,18,21,24,27,30,33-41,43,45-48H2,1-2H3,(H,62,66)/b7-5-,13-11-,17-16-,20-19-,23-22-,26-25-,29-28-,32-31-,44-42+. The first-order chi connectivity index (χ1) is 36.6. The van der Waals surface area contributed by atoms with Gasteiger partial charge in [0, 0.05) is 6.42 Å². The number of hydrogen-bond donors (Lipinski definition) is 9. The normalized spacial score (nSPS) is 25.9. The molecule has 0 bridgehead atoms. The summed E-state index contributed by atoms with van der Waals surface area (Å²) < 4.78 is 22.7. The molecule has 9 N–H and O–H groups in total. The van der Waals surface area contributed by atoms with Crippen molar-refractivity contribution in [3.8, 4) is 0 Å². The number of rotatable bonds is 43. The van der Waals surface area contributed by atoms with Crippen LogP contribution in [-0.2, 0) is 23.7 Å². The molecule has 2 heterocycles. The molecule has 2 aliphatic heterocycles. The summed E-state index contributed by atoms with van der Waals surface area (Å²) in [5.41, 5.74) is 0. The van der Waals surface area contributed by atoms with Gasteiger partial charge in [-0.25, -0.2) is 0 Å². The lowest BCUT2D eigenvalue weighted by atomic mass is 9.97. The largest absolute Gasteiger partial charge is 0.394 e. The smallest absolute Gasteiger partial charge is 0.220 e. The van der Waals surface area contributed by atoms with E-state index < -0.39 is 86.8 Å². The van der Waals surface area contributed by atoms with Gasteiger partial charge in [-0.3, -0.25) is 4.79 Å². The van der Waals surface area contributed by atoms with Crippen molar-refractivity contribution in [1.29, 1.82) is 0 Å². The zero-order chi connectivity index (χ0) is 54.6. The molecule has 0 radical (unpaired) electrons. The lowest BCUT2D eigenvalue weighted by Crippen LogP contribution is -2.65. The van der Waals surface area contributed by atoms with Crippen LogP contribution in [0.15, 0.2) is 109 Å². The summed E-state index contributed by atoms with van der Waals surface area (Å²) in [6.07, 6.45) is 47.1. The summed E-state index contributed by atoms with van der Waals surface area (Å²) in [6.45, 7) is 2.61. The average Bonchev–Trinajstić information content (AvgIpc) is 3.41. The highest BCUT2D eigenvalue weighted by molar-refractivity contribution is 5.76. The number of aliphatic hydroxyl groups is 8. The Morgan fingerprint density at radius 2 is 0.920 bits per heavy atom. The lowest BCUT2D eigenvalue weighted by Gasteiger charge is -2.46. The topological polar surface area (TPSA) is 228 Å². The van der Waals surface area contributed by atoms with Crippen LogP contribution in [0.4, 0.5) is 0 Å². The molecule has 2 rings (SSSR count). The summed E-state index contributed by atoms with van der Waals surface area (Å²) >= 11 is 0. The second-order valence-electron chi connectivity index (χ2n) is 19.7. The fourth-order valence-electron chi connectivity index (χ4n) is 8.60. The number of aliphatic hydroxyl groups excluding tert-OH is 8. The van der Waals surface area contributed by atoms with Crippen molar-refractivity contribution in [3.05, 3.63) is 109 Å². The van der Waals surface area contributed by atoms with Gasteiger partial charge >= 0.3 is 0 Å². The van der Waals surface area contributed by atoms with E-state index in [1.165, 1.54) is 32.1 Å². The van der Waals surface area contributed by atoms with Crippen LogP contribution >= 0.6 is 0 Å². The SMILES string of the molecule is CC/C=C\C/C=C\C/C=C\C/C=C\C/C=C\C/C=C\C/C=C\C/C=C\CCCCCCCCC(=O)NC(COC1OC(CO)C(OC2OC(CO)C(O)C(O)C2O)C(O)C1O)C(O)/C=C/CCCCCCCCCC. The van der Waals surface area contributed by atoms with E-state index in [4.69, 9.17) is 18.9 Å². The van der Waals surface area contributed by atoms with Crippen LogP contribution in [0.1, 0.15) is 174 Å². The first-order valence-electron chi connectivity index (χ1n) is 28.6. The monoisotopic (exact) mass is 1060 g/mol. The minimum Gasteiger partial charge on any atom is -0.394 e. The summed E-state index contributed by atoms with van der Waals surface area (Å²) in [7, 11) is 0. The molecule has 0 saturated carbocycles. The number of unbranched alkanes of at least 4 members (excludes halogenated alkanes) is 14. The van der Waals surface area contributed by atoms with Gasteiger partial charge in [-0.2, -0.15) is 0 Å². The highest BCUT2D eigenvalue weighted by Crippen LogP contribution is 2.30. The van der Waals surface area contributed by atoms with Gasteiger partial charge in [-0.05, 0) is 83.5 Å². The van der Waals surface area contributed by atoms with E-state index in [-0.39, 0.29) is 18.9 Å². The van der Waals surface area contributed by atoms with Gasteiger partial charge in [-0.1, -0.05) is 194 Å². The van der Waals surface area contributed by atoms with Gasteiger partial charge in [0.05, 0.1) is 32.0 Å². The Morgan fingerprint density at radius 1 is 0.493 bits per heavy atom. The minimum absolute atomic E-state index is 0.256. The first kappa shape index (κ1) is 67.8. The van der Waals surface area contributed by atoms with E-state index in [1.54, 1.807) is 6.08 Å². The third kappa shape index (κ3) is 31.6. The summed E-state index contributed by atoms with van der Waals surface area (Å²) in [4.78, 5) is 13.2. The van der Waals surface area contributed by atoms with Crippen LogP contribution in [0.25, 0.3) is 0 Å². The molecule has 14 nitrogen and oxygen atoms in total. The predicted octanol–water partition coefficient (Wildman–Crippen LogP) is 9.27. The third-order valence-corrected chi connectivity index (χ3v) is 13.2. The molecule has 0 spiro atoms. The van der Waals surface area contributed by atoms with Crippen LogP contribution in [0.5, 0.6) is 0 Å². The molecular weight excluding hydrogens is 955 g/mol. The van der Waals surface area contributed by atoms with Crippen molar-refractivity contribution >= 4 is 5.91 Å². The van der Waals surface area contributed by atoms with Crippen LogP contribution in [0.3, 0.4) is 0 Å². The molecule has 2 saturated heterocycles. The fourth-order valence-corrected chi connectivity index (χ4v) is 8.60. The minimum atomic E-state index is -1.79. The van der Waals surface area contributed by atoms with E-state index >= 15 is 0 Å². The Morgan fingerprint density at radius 3 is 1.41 bits per heavy atom. The molecule has 0 aromatic carbocycles. The fraction of sp³-hybridized carbons (Fsp3) is 0.689. The number of amides is 1. The number of carbonyl (C=O) groups excluding carboxylic acids is 1. The van der Waals surface area contributed by atoms with Crippen LogP contribution in [0.2, 0.25) is 0 Å². The molecule has 14 heteroatoms. The Balaban J connectivity index is 1.70. The average molecular weight is 1060 g/mol. The molecule has 428 valence electrons. The zero-order valence-corrected chi connectivity index (χ0v) is 45.7. The molecule has 1 amide bonds. The molecule has 12 atom stereocenters. The van der Waals surface area contributed by atoms with Crippen molar-refractivity contribution in [2.75, 3.05) is 19.8 Å². The van der Waals surface area contributed by atoms with E-state index in [1.807, 2.05) is 6.08 Å². The van der Waals surface area contributed by atoms with Crippen molar-refractivity contribution in [3.63, 3.8) is 0 Å². The Bertz CT molecular complexity index is 1670. The molecule has 0 aromatic rings. The van der Waals surface area contributed by atoms with E-state index in [2.05, 4.69) is 116 Å². The van der Waals surface area contributed by atoms with Crippen LogP contribution in [0, 0.1) is 0 Å². The zero-order valence-electron chi connectivity index (χ0n) is 45.7. The summed E-state index contributed by atoms with van der Waals surface area (Å²) in [5.74, 6) is -0.262. The van der Waals surface area contributed by atoms with Crippen LogP contribution in [-0.4, -0.2) is 140 Å². The van der Waals surface area contributed by atoms with Gasteiger partial charge in [0.25, 0.3) is 0 Å². The van der Waals surface area contributed by atoms with Crippen molar-refractivity contribution in [1.82, 2.24) is 5.32 Å². The van der Waals surface area contributed by atoms with Crippen molar-refractivity contribution < 1.29 is 64.6 Å². The second-order valence-corrected chi connectivity index (χ2v) is 19.7. The van der Waals surface area contributed by atoms with Crippen molar-refractivity contribution in [2.45, 2.75) is 248 Å². The number of allylic oxidation sites excluding steroid dienone is 17.